The molecule has 3 aromatic rings. The average molecular weight is 510 g/mol. The first-order valence-electron chi connectivity index (χ1n) is 9.06. The predicted molar refractivity (Wildman–Crippen MR) is 127 cm³/mol. The SMILES string of the molecule is CN=C(NCCc1nc(C)c(C)s1)NCc1cccc(Cn2cccn2)c1.I. The summed E-state index contributed by atoms with van der Waals surface area (Å²) < 4.78 is 1.93. The van der Waals surface area contributed by atoms with E-state index in [9.17, 15) is 0 Å². The van der Waals surface area contributed by atoms with Crippen molar-refractivity contribution in [3.8, 4) is 0 Å². The van der Waals surface area contributed by atoms with Crippen molar-refractivity contribution in [2.75, 3.05) is 13.6 Å². The van der Waals surface area contributed by atoms with Gasteiger partial charge in [-0.1, -0.05) is 24.3 Å². The van der Waals surface area contributed by atoms with Crippen molar-refractivity contribution in [1.82, 2.24) is 25.4 Å². The van der Waals surface area contributed by atoms with Gasteiger partial charge >= 0.3 is 0 Å². The summed E-state index contributed by atoms with van der Waals surface area (Å²) in [5.41, 5.74) is 3.58. The molecule has 2 aromatic heterocycles. The van der Waals surface area contributed by atoms with E-state index >= 15 is 0 Å². The number of guanidine groups is 1. The van der Waals surface area contributed by atoms with Crippen LogP contribution in [0.1, 0.15) is 26.7 Å². The number of hydrogen-bond donors (Lipinski definition) is 2. The van der Waals surface area contributed by atoms with Crippen molar-refractivity contribution in [3.63, 3.8) is 0 Å². The summed E-state index contributed by atoms with van der Waals surface area (Å²) in [6, 6.07) is 10.5. The molecule has 0 aliphatic rings. The predicted octanol–water partition coefficient (Wildman–Crippen LogP) is 3.53. The third kappa shape index (κ3) is 6.59. The van der Waals surface area contributed by atoms with Gasteiger partial charge in [0.05, 0.1) is 17.2 Å². The number of halogens is 1. The molecule has 8 heteroatoms. The van der Waals surface area contributed by atoms with E-state index in [0.29, 0.717) is 0 Å². The molecular weight excluding hydrogens is 483 g/mol. The van der Waals surface area contributed by atoms with Gasteiger partial charge in [0.2, 0.25) is 0 Å². The van der Waals surface area contributed by atoms with Crippen molar-refractivity contribution in [2.24, 2.45) is 4.99 Å². The molecule has 3 rings (SSSR count). The third-order valence-electron chi connectivity index (χ3n) is 4.28. The molecule has 0 bridgehead atoms. The second kappa shape index (κ2) is 11.2. The molecule has 2 N–H and O–H groups in total. The maximum absolute atomic E-state index is 4.58. The van der Waals surface area contributed by atoms with Crippen LogP contribution in [0, 0.1) is 13.8 Å². The van der Waals surface area contributed by atoms with Gasteiger partial charge in [-0.2, -0.15) is 5.10 Å². The Morgan fingerprint density at radius 1 is 1.18 bits per heavy atom. The molecule has 2 heterocycles. The number of rotatable bonds is 7. The van der Waals surface area contributed by atoms with E-state index < -0.39 is 0 Å². The maximum atomic E-state index is 4.58. The number of aryl methyl sites for hydroxylation is 2. The zero-order valence-corrected chi connectivity index (χ0v) is 19.6. The fraction of sp³-hybridized carbons (Fsp3) is 0.350. The van der Waals surface area contributed by atoms with Gasteiger partial charge in [0.1, 0.15) is 0 Å². The largest absolute Gasteiger partial charge is 0.356 e. The summed E-state index contributed by atoms with van der Waals surface area (Å²) in [6.07, 6.45) is 4.68. The molecule has 0 saturated heterocycles. The van der Waals surface area contributed by atoms with Gasteiger partial charge in [0.25, 0.3) is 0 Å². The Labute approximate surface area is 187 Å². The summed E-state index contributed by atoms with van der Waals surface area (Å²) in [5, 5.41) is 12.2. The van der Waals surface area contributed by atoms with Gasteiger partial charge < -0.3 is 10.6 Å². The van der Waals surface area contributed by atoms with Crippen LogP contribution in [-0.2, 0) is 19.5 Å². The minimum atomic E-state index is 0. The molecule has 1 aromatic carbocycles. The molecule has 6 nitrogen and oxygen atoms in total. The summed E-state index contributed by atoms with van der Waals surface area (Å²) >= 11 is 1.77. The summed E-state index contributed by atoms with van der Waals surface area (Å²) in [4.78, 5) is 10.2. The van der Waals surface area contributed by atoms with Crippen LogP contribution in [0.3, 0.4) is 0 Å². The van der Waals surface area contributed by atoms with Crippen LogP contribution in [0.2, 0.25) is 0 Å². The van der Waals surface area contributed by atoms with Gasteiger partial charge in [-0.15, -0.1) is 35.3 Å². The van der Waals surface area contributed by atoms with Crippen LogP contribution >= 0.6 is 35.3 Å². The van der Waals surface area contributed by atoms with Crippen molar-refractivity contribution >= 4 is 41.3 Å². The first kappa shape index (κ1) is 22.4. The van der Waals surface area contributed by atoms with Crippen molar-refractivity contribution in [1.29, 1.82) is 0 Å². The molecule has 0 unspecified atom stereocenters. The topological polar surface area (TPSA) is 67.1 Å². The van der Waals surface area contributed by atoms with Crippen LogP contribution in [0.15, 0.2) is 47.7 Å². The number of benzene rings is 1. The van der Waals surface area contributed by atoms with Gasteiger partial charge in [-0.3, -0.25) is 9.67 Å². The number of nitrogens with one attached hydrogen (secondary N) is 2. The second-order valence-corrected chi connectivity index (χ2v) is 7.66. The lowest BCUT2D eigenvalue weighted by molar-refractivity contribution is 0.685. The van der Waals surface area contributed by atoms with Crippen LogP contribution in [-0.4, -0.2) is 34.3 Å². The molecule has 0 spiro atoms. The van der Waals surface area contributed by atoms with Crippen LogP contribution in [0.25, 0.3) is 0 Å². The lowest BCUT2D eigenvalue weighted by atomic mass is 10.1. The lowest BCUT2D eigenvalue weighted by Crippen LogP contribution is -2.37. The Balaban J connectivity index is 0.00000280. The molecule has 0 saturated carbocycles. The molecule has 0 aliphatic heterocycles. The first-order chi connectivity index (χ1) is 13.1. The molecule has 0 fully saturated rings. The number of nitrogens with zero attached hydrogens (tertiary/aromatic N) is 4. The van der Waals surface area contributed by atoms with E-state index in [1.54, 1.807) is 24.6 Å². The van der Waals surface area contributed by atoms with E-state index in [1.165, 1.54) is 21.0 Å². The first-order valence-corrected chi connectivity index (χ1v) is 9.88. The quantitative estimate of drug-likeness (QED) is 0.290. The van der Waals surface area contributed by atoms with Gasteiger partial charge in [0.15, 0.2) is 5.96 Å². The van der Waals surface area contributed by atoms with E-state index in [1.807, 2.05) is 16.9 Å². The third-order valence-corrected chi connectivity index (χ3v) is 5.42. The van der Waals surface area contributed by atoms with Crippen LogP contribution < -0.4 is 10.6 Å². The zero-order chi connectivity index (χ0) is 19.1. The Hall–Kier alpha value is -1.94. The Morgan fingerprint density at radius 2 is 2.00 bits per heavy atom. The molecule has 150 valence electrons. The van der Waals surface area contributed by atoms with E-state index in [-0.39, 0.29) is 24.0 Å². The highest BCUT2D eigenvalue weighted by Gasteiger charge is 2.04. The van der Waals surface area contributed by atoms with E-state index in [4.69, 9.17) is 0 Å². The summed E-state index contributed by atoms with van der Waals surface area (Å²) in [7, 11) is 1.79. The van der Waals surface area contributed by atoms with Crippen molar-refractivity contribution in [2.45, 2.75) is 33.4 Å². The fourth-order valence-corrected chi connectivity index (χ4v) is 3.69. The fourth-order valence-electron chi connectivity index (χ4n) is 2.76. The monoisotopic (exact) mass is 510 g/mol. The average Bonchev–Trinajstić information content (AvgIpc) is 3.28. The minimum Gasteiger partial charge on any atom is -0.356 e. The standard InChI is InChI=1S/C20H26N6S.HI/c1-15-16(2)27-19(25-15)8-10-22-20(21-3)23-13-17-6-4-7-18(12-17)14-26-11-5-9-24-26;/h4-7,9,11-12H,8,10,13-14H2,1-3H3,(H2,21,22,23);1H. The van der Waals surface area contributed by atoms with Gasteiger partial charge in [-0.05, 0) is 31.0 Å². The molecule has 0 radical (unpaired) electrons. The molecule has 0 amide bonds. The number of aliphatic imine (C=N–C) groups is 1. The lowest BCUT2D eigenvalue weighted by Gasteiger charge is -2.12. The Kier molecular flexibility index (Phi) is 8.91. The molecule has 0 atom stereocenters. The Bertz CT molecular complexity index is 869. The van der Waals surface area contributed by atoms with Gasteiger partial charge in [-0.25, -0.2) is 4.98 Å². The molecule has 0 aliphatic carbocycles. The Morgan fingerprint density at radius 3 is 2.68 bits per heavy atom. The summed E-state index contributed by atoms with van der Waals surface area (Å²) in [5.74, 6) is 0.803. The van der Waals surface area contributed by atoms with E-state index in [2.05, 4.69) is 63.8 Å². The number of aromatic nitrogens is 3. The second-order valence-electron chi connectivity index (χ2n) is 6.38. The maximum Gasteiger partial charge on any atom is 0.191 e. The normalized spacial score (nSPS) is 11.2. The number of hydrogen-bond acceptors (Lipinski definition) is 4. The molecule has 28 heavy (non-hydrogen) atoms. The number of thiazole rings is 1. The highest BCUT2D eigenvalue weighted by Crippen LogP contribution is 2.16. The highest BCUT2D eigenvalue weighted by molar-refractivity contribution is 14.0. The smallest absolute Gasteiger partial charge is 0.191 e. The van der Waals surface area contributed by atoms with Crippen molar-refractivity contribution in [3.05, 3.63) is 69.4 Å². The zero-order valence-electron chi connectivity index (χ0n) is 16.5. The van der Waals surface area contributed by atoms with Gasteiger partial charge in [0, 0.05) is 43.8 Å². The molecular formula is C20H27IN6S. The van der Waals surface area contributed by atoms with Crippen LogP contribution in [0.5, 0.6) is 0 Å². The minimum absolute atomic E-state index is 0. The van der Waals surface area contributed by atoms with E-state index in [0.717, 1.165) is 37.7 Å². The summed E-state index contributed by atoms with van der Waals surface area (Å²) in [6.45, 7) is 6.49. The highest BCUT2D eigenvalue weighted by atomic mass is 127. The van der Waals surface area contributed by atoms with Crippen LogP contribution in [0.4, 0.5) is 0 Å². The van der Waals surface area contributed by atoms with Crippen molar-refractivity contribution < 1.29 is 0 Å².